The van der Waals surface area contributed by atoms with Gasteiger partial charge in [-0.3, -0.25) is 9.59 Å². The topological polar surface area (TPSA) is 63.2 Å². The lowest BCUT2D eigenvalue weighted by molar-refractivity contribution is -0.116. The second kappa shape index (κ2) is 4.26. The summed E-state index contributed by atoms with van der Waals surface area (Å²) in [5.74, 6) is -0.186. The molecule has 1 aromatic rings. The van der Waals surface area contributed by atoms with Gasteiger partial charge >= 0.3 is 0 Å². The number of benzene rings is 1. The van der Waals surface area contributed by atoms with Crippen molar-refractivity contribution in [2.75, 3.05) is 5.32 Å². The number of hydrogen-bond donors (Lipinski definition) is 1. The Bertz CT molecular complexity index is 465. The van der Waals surface area contributed by atoms with Crippen LogP contribution in [0.2, 0.25) is 0 Å². The summed E-state index contributed by atoms with van der Waals surface area (Å²) in [6, 6.07) is 5.10. The second-order valence-electron chi connectivity index (χ2n) is 3.71. The maximum absolute atomic E-state index is 11.5. The van der Waals surface area contributed by atoms with Crippen molar-refractivity contribution in [3.05, 3.63) is 29.3 Å². The molecule has 1 aliphatic heterocycles. The maximum atomic E-state index is 11.5. The van der Waals surface area contributed by atoms with Crippen LogP contribution in [0, 0.1) is 0 Å². The number of carbonyl (C=O) groups excluding carboxylic acids is 3. The van der Waals surface area contributed by atoms with Crippen LogP contribution in [0.1, 0.15) is 28.8 Å². The van der Waals surface area contributed by atoms with Crippen molar-refractivity contribution in [1.82, 2.24) is 0 Å². The molecule has 4 heteroatoms. The van der Waals surface area contributed by atoms with Gasteiger partial charge in [0.15, 0.2) is 5.78 Å². The van der Waals surface area contributed by atoms with E-state index in [9.17, 15) is 14.4 Å². The highest BCUT2D eigenvalue weighted by Gasteiger charge is 2.16. The molecular formula is C12H11NO3. The van der Waals surface area contributed by atoms with Crippen molar-refractivity contribution in [3.8, 4) is 0 Å². The standard InChI is InChI=1S/C12H11NO3/c14-6-5-11(15)9-1-3-10-8(7-9)2-4-12(16)13-10/h1,3,6-7H,2,4-5H2,(H,13,16). The number of carbonyl (C=O) groups is 3. The summed E-state index contributed by atoms with van der Waals surface area (Å²) in [5, 5.41) is 2.74. The molecule has 1 aliphatic rings. The number of amides is 1. The van der Waals surface area contributed by atoms with Crippen LogP contribution in [-0.2, 0) is 16.0 Å². The number of Topliss-reactive ketones (excluding diaryl/α,β-unsaturated/α-hetero) is 1. The third-order valence-electron chi connectivity index (χ3n) is 2.59. The molecule has 0 fully saturated rings. The van der Waals surface area contributed by atoms with Gasteiger partial charge in [0, 0.05) is 17.7 Å². The van der Waals surface area contributed by atoms with Crippen LogP contribution in [0.5, 0.6) is 0 Å². The van der Waals surface area contributed by atoms with Gasteiger partial charge in [0.1, 0.15) is 6.29 Å². The monoisotopic (exact) mass is 217 g/mol. The molecule has 82 valence electrons. The fourth-order valence-electron chi connectivity index (χ4n) is 1.75. The molecule has 0 saturated carbocycles. The number of ketones is 1. The molecular weight excluding hydrogens is 206 g/mol. The molecule has 1 aromatic carbocycles. The smallest absolute Gasteiger partial charge is 0.224 e. The van der Waals surface area contributed by atoms with Crippen molar-refractivity contribution in [3.63, 3.8) is 0 Å². The SMILES string of the molecule is O=CCC(=O)c1ccc2c(c1)CCC(=O)N2. The first-order chi connectivity index (χ1) is 7.70. The molecule has 0 radical (unpaired) electrons. The zero-order valence-corrected chi connectivity index (χ0v) is 8.66. The quantitative estimate of drug-likeness (QED) is 0.472. The van der Waals surface area contributed by atoms with E-state index in [1.165, 1.54) is 0 Å². The summed E-state index contributed by atoms with van der Waals surface area (Å²) in [6.07, 6.45) is 1.59. The first kappa shape index (κ1) is 10.5. The average molecular weight is 217 g/mol. The highest BCUT2D eigenvalue weighted by molar-refractivity contribution is 6.03. The minimum atomic E-state index is -0.185. The molecule has 1 amide bonds. The zero-order chi connectivity index (χ0) is 11.5. The van der Waals surface area contributed by atoms with E-state index in [-0.39, 0.29) is 18.1 Å². The number of aryl methyl sites for hydroxylation is 1. The van der Waals surface area contributed by atoms with Gasteiger partial charge in [-0.25, -0.2) is 0 Å². The zero-order valence-electron chi connectivity index (χ0n) is 8.66. The van der Waals surface area contributed by atoms with Gasteiger partial charge in [-0.2, -0.15) is 0 Å². The molecule has 1 N–H and O–H groups in total. The molecule has 2 rings (SSSR count). The van der Waals surface area contributed by atoms with E-state index >= 15 is 0 Å². The summed E-state index contributed by atoms with van der Waals surface area (Å²) in [5.41, 5.74) is 2.25. The van der Waals surface area contributed by atoms with Crippen LogP contribution in [0.3, 0.4) is 0 Å². The number of aldehydes is 1. The number of nitrogens with one attached hydrogen (secondary N) is 1. The van der Waals surface area contributed by atoms with Gasteiger partial charge in [0.05, 0.1) is 6.42 Å². The Morgan fingerprint density at radius 2 is 2.19 bits per heavy atom. The number of fused-ring (bicyclic) bond motifs is 1. The van der Waals surface area contributed by atoms with E-state index in [2.05, 4.69) is 5.32 Å². The average Bonchev–Trinajstić information content (AvgIpc) is 2.28. The van der Waals surface area contributed by atoms with Gasteiger partial charge in [-0.15, -0.1) is 0 Å². The number of rotatable bonds is 3. The van der Waals surface area contributed by atoms with Gasteiger partial charge in [0.25, 0.3) is 0 Å². The lowest BCUT2D eigenvalue weighted by atomic mass is 9.98. The number of hydrogen-bond acceptors (Lipinski definition) is 3. The first-order valence-corrected chi connectivity index (χ1v) is 5.10. The molecule has 1 heterocycles. The Labute approximate surface area is 92.6 Å². The minimum absolute atomic E-state index is 0.000493. The molecule has 0 aliphatic carbocycles. The summed E-state index contributed by atoms with van der Waals surface area (Å²) in [7, 11) is 0. The Morgan fingerprint density at radius 3 is 2.94 bits per heavy atom. The second-order valence-corrected chi connectivity index (χ2v) is 3.71. The van der Waals surface area contributed by atoms with Crippen LogP contribution in [0.25, 0.3) is 0 Å². The largest absolute Gasteiger partial charge is 0.326 e. The molecule has 0 aromatic heterocycles. The van der Waals surface area contributed by atoms with Gasteiger partial charge in [-0.1, -0.05) is 0 Å². The van der Waals surface area contributed by atoms with Crippen LogP contribution >= 0.6 is 0 Å². The molecule has 0 unspecified atom stereocenters. The van der Waals surface area contributed by atoms with Crippen molar-refractivity contribution < 1.29 is 14.4 Å². The van der Waals surface area contributed by atoms with Crippen LogP contribution < -0.4 is 5.32 Å². The fraction of sp³-hybridized carbons (Fsp3) is 0.250. The van der Waals surface area contributed by atoms with Gasteiger partial charge in [0.2, 0.25) is 5.91 Å². The Morgan fingerprint density at radius 1 is 1.38 bits per heavy atom. The molecule has 0 saturated heterocycles. The molecule has 0 atom stereocenters. The lowest BCUT2D eigenvalue weighted by Crippen LogP contribution is -2.19. The van der Waals surface area contributed by atoms with Crippen LogP contribution in [0.4, 0.5) is 5.69 Å². The molecule has 0 spiro atoms. The summed E-state index contributed by atoms with van der Waals surface area (Å²) in [6.45, 7) is 0. The summed E-state index contributed by atoms with van der Waals surface area (Å²) >= 11 is 0. The van der Waals surface area contributed by atoms with Crippen molar-refractivity contribution in [2.45, 2.75) is 19.3 Å². The van der Waals surface area contributed by atoms with Gasteiger partial charge < -0.3 is 10.1 Å². The first-order valence-electron chi connectivity index (χ1n) is 5.10. The van der Waals surface area contributed by atoms with E-state index in [1.54, 1.807) is 18.2 Å². The van der Waals surface area contributed by atoms with Crippen molar-refractivity contribution in [2.24, 2.45) is 0 Å². The molecule has 16 heavy (non-hydrogen) atoms. The van der Waals surface area contributed by atoms with Crippen LogP contribution in [0.15, 0.2) is 18.2 Å². The Kier molecular flexibility index (Phi) is 2.81. The normalized spacial score (nSPS) is 13.9. The minimum Gasteiger partial charge on any atom is -0.326 e. The van der Waals surface area contributed by atoms with E-state index < -0.39 is 0 Å². The third-order valence-corrected chi connectivity index (χ3v) is 2.59. The number of anilines is 1. The van der Waals surface area contributed by atoms with E-state index in [1.807, 2.05) is 0 Å². The summed E-state index contributed by atoms with van der Waals surface area (Å²) < 4.78 is 0. The summed E-state index contributed by atoms with van der Waals surface area (Å²) in [4.78, 5) is 32.8. The highest BCUT2D eigenvalue weighted by Crippen LogP contribution is 2.23. The van der Waals surface area contributed by atoms with E-state index in [4.69, 9.17) is 0 Å². The fourth-order valence-corrected chi connectivity index (χ4v) is 1.75. The Balaban J connectivity index is 2.29. The predicted molar refractivity (Wildman–Crippen MR) is 58.4 cm³/mol. The van der Waals surface area contributed by atoms with Gasteiger partial charge in [-0.05, 0) is 30.2 Å². The van der Waals surface area contributed by atoms with E-state index in [0.717, 1.165) is 11.3 Å². The Hall–Kier alpha value is -1.97. The van der Waals surface area contributed by atoms with Crippen molar-refractivity contribution >= 4 is 23.7 Å². The predicted octanol–water partition coefficient (Wildman–Crippen LogP) is 1.34. The maximum Gasteiger partial charge on any atom is 0.224 e. The highest BCUT2D eigenvalue weighted by atomic mass is 16.2. The van der Waals surface area contributed by atoms with Crippen LogP contribution in [-0.4, -0.2) is 18.0 Å². The molecule has 4 nitrogen and oxygen atoms in total. The van der Waals surface area contributed by atoms with Crippen molar-refractivity contribution in [1.29, 1.82) is 0 Å². The lowest BCUT2D eigenvalue weighted by Gasteiger charge is -2.17. The third kappa shape index (κ3) is 2.00. The molecule has 0 bridgehead atoms. The van der Waals surface area contributed by atoms with E-state index in [0.29, 0.717) is 24.7 Å².